The first-order valence-electron chi connectivity index (χ1n) is 11.5. The number of rotatable bonds is 7. The van der Waals surface area contributed by atoms with Crippen LogP contribution in [0, 0.1) is 0 Å². The summed E-state index contributed by atoms with van der Waals surface area (Å²) in [6.07, 6.45) is 3.49. The first-order chi connectivity index (χ1) is 16.8. The fourth-order valence-corrected chi connectivity index (χ4v) is 4.39. The number of benzene rings is 4. The molecule has 0 bridgehead atoms. The van der Waals surface area contributed by atoms with E-state index in [-0.39, 0.29) is 5.92 Å². The number of hydrogen-bond acceptors (Lipinski definition) is 3. The number of anilines is 2. The van der Waals surface area contributed by atoms with Crippen molar-refractivity contribution in [2.24, 2.45) is 0 Å². The fraction of sp³-hybridized carbons (Fsp3) is 0.100. The second kappa shape index (κ2) is 10.1. The summed E-state index contributed by atoms with van der Waals surface area (Å²) in [4.78, 5) is 12.3. The van der Waals surface area contributed by atoms with Crippen molar-refractivity contribution in [1.82, 2.24) is 5.32 Å². The molecule has 0 fully saturated rings. The molecule has 0 aliphatic heterocycles. The molecule has 34 heavy (non-hydrogen) atoms. The molecule has 168 valence electrons. The van der Waals surface area contributed by atoms with Gasteiger partial charge in [0, 0.05) is 23.8 Å². The number of fused-ring (bicyclic) bond motifs is 3. The summed E-state index contributed by atoms with van der Waals surface area (Å²) >= 11 is 0. The highest BCUT2D eigenvalue weighted by molar-refractivity contribution is 5.79. The van der Waals surface area contributed by atoms with Crippen molar-refractivity contribution in [2.45, 2.75) is 5.92 Å². The SMILES string of the molecule is O=C(NCC=Cc1cccc(Nc2ccccc2)c1)OCC1c2ccccc2-c2ccccc21. The highest BCUT2D eigenvalue weighted by Crippen LogP contribution is 2.44. The van der Waals surface area contributed by atoms with Crippen LogP contribution in [0.25, 0.3) is 17.2 Å². The minimum absolute atomic E-state index is 0.0635. The summed E-state index contributed by atoms with van der Waals surface area (Å²) in [5.41, 5.74) is 7.97. The third-order valence-electron chi connectivity index (χ3n) is 5.97. The molecule has 5 rings (SSSR count). The molecule has 0 unspecified atom stereocenters. The molecule has 2 N–H and O–H groups in total. The number of nitrogens with one attached hydrogen (secondary N) is 2. The summed E-state index contributed by atoms with van der Waals surface area (Å²) in [7, 11) is 0. The van der Waals surface area contributed by atoms with E-state index in [0.717, 1.165) is 16.9 Å². The number of amides is 1. The average Bonchev–Trinajstić information content (AvgIpc) is 3.20. The second-order valence-electron chi connectivity index (χ2n) is 8.23. The minimum Gasteiger partial charge on any atom is -0.449 e. The van der Waals surface area contributed by atoms with Gasteiger partial charge in [-0.3, -0.25) is 0 Å². The number of alkyl carbamates (subject to hydrolysis) is 1. The van der Waals surface area contributed by atoms with E-state index < -0.39 is 6.09 Å². The fourth-order valence-electron chi connectivity index (χ4n) is 4.39. The minimum atomic E-state index is -0.411. The van der Waals surface area contributed by atoms with Crippen molar-refractivity contribution >= 4 is 23.5 Å². The van der Waals surface area contributed by atoms with Crippen LogP contribution >= 0.6 is 0 Å². The Bertz CT molecular complexity index is 1270. The van der Waals surface area contributed by atoms with Crippen LogP contribution in [0.2, 0.25) is 0 Å². The topological polar surface area (TPSA) is 50.4 Å². The van der Waals surface area contributed by atoms with E-state index in [1.165, 1.54) is 22.3 Å². The number of hydrogen-bond donors (Lipinski definition) is 2. The van der Waals surface area contributed by atoms with E-state index in [4.69, 9.17) is 4.74 Å². The van der Waals surface area contributed by atoms with Gasteiger partial charge in [-0.15, -0.1) is 0 Å². The van der Waals surface area contributed by atoms with Gasteiger partial charge < -0.3 is 15.4 Å². The summed E-state index contributed by atoms with van der Waals surface area (Å²) in [5.74, 6) is 0.0635. The van der Waals surface area contributed by atoms with Gasteiger partial charge in [0.1, 0.15) is 6.61 Å². The van der Waals surface area contributed by atoms with Crippen LogP contribution < -0.4 is 10.6 Å². The molecule has 0 saturated heterocycles. The van der Waals surface area contributed by atoms with Crippen LogP contribution in [0.5, 0.6) is 0 Å². The van der Waals surface area contributed by atoms with Gasteiger partial charge in [-0.25, -0.2) is 4.79 Å². The van der Waals surface area contributed by atoms with Gasteiger partial charge in [0.15, 0.2) is 0 Å². The average molecular weight is 447 g/mol. The number of para-hydroxylation sites is 1. The van der Waals surface area contributed by atoms with Crippen LogP contribution in [0.15, 0.2) is 109 Å². The maximum atomic E-state index is 12.3. The molecule has 0 radical (unpaired) electrons. The molecule has 1 amide bonds. The molecular formula is C30H26N2O2. The molecule has 0 heterocycles. The lowest BCUT2D eigenvalue weighted by molar-refractivity contribution is 0.144. The first kappa shape index (κ1) is 21.5. The molecule has 0 spiro atoms. The molecule has 4 nitrogen and oxygen atoms in total. The molecule has 4 heteroatoms. The summed E-state index contributed by atoms with van der Waals surface area (Å²) < 4.78 is 5.58. The normalized spacial score (nSPS) is 12.2. The van der Waals surface area contributed by atoms with Crippen LogP contribution in [0.1, 0.15) is 22.6 Å². The van der Waals surface area contributed by atoms with E-state index >= 15 is 0 Å². The van der Waals surface area contributed by atoms with Crippen molar-refractivity contribution in [3.8, 4) is 11.1 Å². The summed E-state index contributed by atoms with van der Waals surface area (Å²) in [6.45, 7) is 0.712. The predicted octanol–water partition coefficient (Wildman–Crippen LogP) is 6.98. The lowest BCUT2D eigenvalue weighted by Crippen LogP contribution is -2.26. The largest absolute Gasteiger partial charge is 0.449 e. The van der Waals surface area contributed by atoms with Gasteiger partial charge in [0.05, 0.1) is 0 Å². The standard InChI is InChI=1S/C30H26N2O2/c33-30(34-21-29-27-17-6-4-15-25(27)26-16-5-7-18-28(26)29)31-19-9-11-22-10-8-14-24(20-22)32-23-12-2-1-3-13-23/h1-18,20,29,32H,19,21H2,(H,31,33). The van der Waals surface area contributed by atoms with E-state index in [9.17, 15) is 4.79 Å². The van der Waals surface area contributed by atoms with Crippen LogP contribution in [-0.4, -0.2) is 19.2 Å². The lowest BCUT2D eigenvalue weighted by Gasteiger charge is -2.14. The van der Waals surface area contributed by atoms with Gasteiger partial charge in [0.25, 0.3) is 0 Å². The zero-order valence-electron chi connectivity index (χ0n) is 18.8. The zero-order chi connectivity index (χ0) is 23.2. The van der Waals surface area contributed by atoms with Crippen molar-refractivity contribution in [1.29, 1.82) is 0 Å². The van der Waals surface area contributed by atoms with Crippen LogP contribution in [-0.2, 0) is 4.74 Å². The second-order valence-corrected chi connectivity index (χ2v) is 8.23. The maximum absolute atomic E-state index is 12.3. The van der Waals surface area contributed by atoms with Crippen molar-refractivity contribution < 1.29 is 9.53 Å². The number of carbonyl (C=O) groups excluding carboxylic acids is 1. The molecule has 0 saturated carbocycles. The Hall–Kier alpha value is -4.31. The van der Waals surface area contributed by atoms with Gasteiger partial charge in [-0.1, -0.05) is 91.0 Å². The Morgan fingerprint density at radius 3 is 2.15 bits per heavy atom. The highest BCUT2D eigenvalue weighted by atomic mass is 16.5. The lowest BCUT2D eigenvalue weighted by atomic mass is 9.98. The Labute approximate surface area is 199 Å². The Morgan fingerprint density at radius 2 is 1.41 bits per heavy atom. The van der Waals surface area contributed by atoms with E-state index in [0.29, 0.717) is 13.2 Å². The number of ether oxygens (including phenoxy) is 1. The summed E-state index contributed by atoms with van der Waals surface area (Å²) in [6, 6.07) is 34.8. The quantitative estimate of drug-likeness (QED) is 0.322. The molecule has 4 aromatic carbocycles. The molecule has 1 aliphatic rings. The van der Waals surface area contributed by atoms with Gasteiger partial charge >= 0.3 is 6.09 Å². The van der Waals surface area contributed by atoms with Crippen molar-refractivity contribution in [3.63, 3.8) is 0 Å². The molecule has 4 aromatic rings. The predicted molar refractivity (Wildman–Crippen MR) is 138 cm³/mol. The molecular weight excluding hydrogens is 420 g/mol. The smallest absolute Gasteiger partial charge is 0.407 e. The highest BCUT2D eigenvalue weighted by Gasteiger charge is 2.28. The van der Waals surface area contributed by atoms with Crippen molar-refractivity contribution in [2.75, 3.05) is 18.5 Å². The van der Waals surface area contributed by atoms with Crippen LogP contribution in [0.4, 0.5) is 16.2 Å². The van der Waals surface area contributed by atoms with E-state index in [1.54, 1.807) is 0 Å². The maximum Gasteiger partial charge on any atom is 0.407 e. The Balaban J connectivity index is 1.13. The van der Waals surface area contributed by atoms with E-state index in [1.807, 2.05) is 84.9 Å². The van der Waals surface area contributed by atoms with E-state index in [2.05, 4.69) is 41.0 Å². The Kier molecular flexibility index (Phi) is 6.39. The monoisotopic (exact) mass is 446 g/mol. The van der Waals surface area contributed by atoms with Crippen LogP contribution in [0.3, 0.4) is 0 Å². The van der Waals surface area contributed by atoms with Gasteiger partial charge in [-0.05, 0) is 52.1 Å². The van der Waals surface area contributed by atoms with Crippen molar-refractivity contribution in [3.05, 3.63) is 126 Å². The summed E-state index contributed by atoms with van der Waals surface area (Å²) in [5, 5.41) is 6.20. The third kappa shape index (κ3) is 4.86. The molecule has 0 atom stereocenters. The molecule has 1 aliphatic carbocycles. The molecule has 0 aromatic heterocycles. The zero-order valence-corrected chi connectivity index (χ0v) is 18.8. The van der Waals surface area contributed by atoms with Gasteiger partial charge in [0.2, 0.25) is 0 Å². The number of carbonyl (C=O) groups is 1. The third-order valence-corrected chi connectivity index (χ3v) is 5.97. The first-order valence-corrected chi connectivity index (χ1v) is 11.5. The Morgan fingerprint density at radius 1 is 0.765 bits per heavy atom. The van der Waals surface area contributed by atoms with Gasteiger partial charge in [-0.2, -0.15) is 0 Å².